The number of rotatable bonds is 4. The van der Waals surface area contributed by atoms with E-state index in [0.717, 1.165) is 11.6 Å². The van der Waals surface area contributed by atoms with E-state index in [4.69, 9.17) is 0 Å². The second-order valence-electron chi connectivity index (χ2n) is 6.73. The average molecular weight is 387 g/mol. The van der Waals surface area contributed by atoms with Crippen LogP contribution in [0.4, 0.5) is 25.8 Å². The summed E-state index contributed by atoms with van der Waals surface area (Å²) in [7, 11) is 0. The number of anilines is 3. The molecular weight excluding hydrogens is 368 g/mol. The number of carbonyl (C=O) groups is 3. The van der Waals surface area contributed by atoms with Crippen molar-refractivity contribution in [1.29, 1.82) is 0 Å². The maximum absolute atomic E-state index is 14.2. The van der Waals surface area contributed by atoms with Crippen LogP contribution in [0, 0.1) is 24.5 Å². The van der Waals surface area contributed by atoms with Gasteiger partial charge in [-0.3, -0.25) is 14.4 Å². The van der Waals surface area contributed by atoms with Crippen LogP contribution < -0.4 is 15.5 Å². The molecule has 0 aromatic heterocycles. The van der Waals surface area contributed by atoms with Gasteiger partial charge in [0.1, 0.15) is 11.6 Å². The summed E-state index contributed by atoms with van der Waals surface area (Å²) in [5.41, 5.74) is 1.09. The number of aryl methyl sites for hydroxylation is 1. The molecule has 0 aliphatic carbocycles. The van der Waals surface area contributed by atoms with Crippen LogP contribution in [0.2, 0.25) is 0 Å². The molecule has 2 aromatic rings. The number of hydrogen-bond donors (Lipinski definition) is 2. The topological polar surface area (TPSA) is 78.5 Å². The normalized spacial score (nSPS) is 16.2. The summed E-state index contributed by atoms with van der Waals surface area (Å²) in [5.74, 6) is -3.06. The molecule has 2 N–H and O–H groups in total. The van der Waals surface area contributed by atoms with Crippen molar-refractivity contribution in [3.8, 4) is 0 Å². The molecule has 146 valence electrons. The highest BCUT2D eigenvalue weighted by Crippen LogP contribution is 2.29. The number of hydrogen-bond acceptors (Lipinski definition) is 3. The van der Waals surface area contributed by atoms with E-state index in [-0.39, 0.29) is 35.9 Å². The first-order valence-electron chi connectivity index (χ1n) is 8.69. The number of amides is 3. The van der Waals surface area contributed by atoms with Gasteiger partial charge < -0.3 is 15.5 Å². The smallest absolute Gasteiger partial charge is 0.229 e. The second kappa shape index (κ2) is 7.75. The van der Waals surface area contributed by atoms with Crippen LogP contribution in [0.1, 0.15) is 18.9 Å². The van der Waals surface area contributed by atoms with Gasteiger partial charge in [0.05, 0.1) is 17.3 Å². The van der Waals surface area contributed by atoms with E-state index in [2.05, 4.69) is 10.6 Å². The minimum absolute atomic E-state index is 0.0460. The highest BCUT2D eigenvalue weighted by molar-refractivity contribution is 6.03. The van der Waals surface area contributed by atoms with Crippen molar-refractivity contribution in [2.75, 3.05) is 22.1 Å². The second-order valence-corrected chi connectivity index (χ2v) is 6.73. The van der Waals surface area contributed by atoms with Crippen LogP contribution in [-0.2, 0) is 14.4 Å². The Morgan fingerprint density at radius 2 is 1.82 bits per heavy atom. The van der Waals surface area contributed by atoms with Crippen molar-refractivity contribution < 1.29 is 23.2 Å². The van der Waals surface area contributed by atoms with Gasteiger partial charge in [-0.15, -0.1) is 0 Å². The monoisotopic (exact) mass is 387 g/mol. The summed E-state index contributed by atoms with van der Waals surface area (Å²) in [6, 6.07) is 8.31. The van der Waals surface area contributed by atoms with E-state index in [0.29, 0.717) is 0 Å². The Hall–Kier alpha value is -3.29. The van der Waals surface area contributed by atoms with Crippen LogP contribution >= 0.6 is 0 Å². The van der Waals surface area contributed by atoms with E-state index < -0.39 is 29.4 Å². The van der Waals surface area contributed by atoms with Gasteiger partial charge in [-0.2, -0.15) is 0 Å². The molecule has 2 aromatic carbocycles. The van der Waals surface area contributed by atoms with Crippen molar-refractivity contribution in [3.05, 3.63) is 53.6 Å². The number of carbonyl (C=O) groups excluding carboxylic acids is 3. The van der Waals surface area contributed by atoms with Gasteiger partial charge in [0.15, 0.2) is 0 Å². The molecule has 0 saturated carbocycles. The zero-order valence-corrected chi connectivity index (χ0v) is 15.4. The van der Waals surface area contributed by atoms with Gasteiger partial charge in [-0.25, -0.2) is 8.78 Å². The molecule has 1 atom stereocenters. The molecule has 3 rings (SSSR count). The lowest BCUT2D eigenvalue weighted by Crippen LogP contribution is -2.28. The number of benzene rings is 2. The summed E-state index contributed by atoms with van der Waals surface area (Å²) in [6.45, 7) is 3.03. The van der Waals surface area contributed by atoms with E-state index in [1.807, 2.05) is 0 Å². The van der Waals surface area contributed by atoms with Gasteiger partial charge in [-0.05, 0) is 42.8 Å². The van der Waals surface area contributed by atoms with Gasteiger partial charge in [0.2, 0.25) is 17.7 Å². The van der Waals surface area contributed by atoms with E-state index in [1.165, 1.54) is 36.1 Å². The standard InChI is InChI=1S/C20H19F2N3O3/c1-11-3-6-18(16(22)7-11)25-10-13(8-19(25)27)20(28)24-14-4-5-15(21)17(9-14)23-12(2)26/h3-7,9,13H,8,10H2,1-2H3,(H,23,26)(H,24,28). The Kier molecular flexibility index (Phi) is 5.39. The first kappa shape index (κ1) is 19.5. The Labute approximate surface area is 160 Å². The fourth-order valence-corrected chi connectivity index (χ4v) is 3.08. The molecule has 1 aliphatic rings. The molecule has 0 spiro atoms. The van der Waals surface area contributed by atoms with Gasteiger partial charge in [0.25, 0.3) is 0 Å². The Balaban J connectivity index is 1.72. The summed E-state index contributed by atoms with van der Waals surface area (Å²) in [4.78, 5) is 37.2. The molecule has 8 heteroatoms. The Morgan fingerprint density at radius 1 is 1.07 bits per heavy atom. The maximum atomic E-state index is 14.2. The number of nitrogens with zero attached hydrogens (tertiary/aromatic N) is 1. The van der Waals surface area contributed by atoms with Crippen LogP contribution in [-0.4, -0.2) is 24.3 Å². The molecule has 0 radical (unpaired) electrons. The molecule has 1 unspecified atom stereocenters. The molecule has 1 saturated heterocycles. The van der Waals surface area contributed by atoms with Crippen LogP contribution in [0.5, 0.6) is 0 Å². The van der Waals surface area contributed by atoms with Gasteiger partial charge in [-0.1, -0.05) is 6.07 Å². The molecule has 1 fully saturated rings. The largest absolute Gasteiger partial charge is 0.326 e. The minimum atomic E-state index is -0.678. The van der Waals surface area contributed by atoms with Crippen molar-refractivity contribution in [2.24, 2.45) is 5.92 Å². The maximum Gasteiger partial charge on any atom is 0.229 e. The van der Waals surface area contributed by atoms with Crippen molar-refractivity contribution >= 4 is 34.8 Å². The summed E-state index contributed by atoms with van der Waals surface area (Å²) in [5, 5.41) is 4.94. The highest BCUT2D eigenvalue weighted by atomic mass is 19.1. The molecule has 1 aliphatic heterocycles. The third-order valence-corrected chi connectivity index (χ3v) is 4.43. The first-order chi connectivity index (χ1) is 13.2. The van der Waals surface area contributed by atoms with Crippen LogP contribution in [0.25, 0.3) is 0 Å². The third-order valence-electron chi connectivity index (χ3n) is 4.43. The predicted octanol–water partition coefficient (Wildman–Crippen LogP) is 3.22. The first-order valence-corrected chi connectivity index (χ1v) is 8.69. The van der Waals surface area contributed by atoms with Crippen LogP contribution in [0.3, 0.4) is 0 Å². The van der Waals surface area contributed by atoms with Gasteiger partial charge in [0, 0.05) is 25.6 Å². The van der Waals surface area contributed by atoms with Gasteiger partial charge >= 0.3 is 0 Å². The molecular formula is C20H19F2N3O3. The fraction of sp³-hybridized carbons (Fsp3) is 0.250. The highest BCUT2D eigenvalue weighted by Gasteiger charge is 2.36. The lowest BCUT2D eigenvalue weighted by molar-refractivity contribution is -0.122. The van der Waals surface area contributed by atoms with E-state index in [9.17, 15) is 23.2 Å². The Bertz CT molecular complexity index is 962. The van der Waals surface area contributed by atoms with Crippen LogP contribution in [0.15, 0.2) is 36.4 Å². The summed E-state index contributed by atoms with van der Waals surface area (Å²) in [6.07, 6.45) is -0.0566. The fourth-order valence-electron chi connectivity index (χ4n) is 3.08. The zero-order valence-electron chi connectivity index (χ0n) is 15.4. The quantitative estimate of drug-likeness (QED) is 0.846. The molecule has 6 nitrogen and oxygen atoms in total. The molecule has 28 heavy (non-hydrogen) atoms. The molecule has 3 amide bonds. The molecule has 1 heterocycles. The minimum Gasteiger partial charge on any atom is -0.326 e. The lowest BCUT2D eigenvalue weighted by atomic mass is 10.1. The zero-order chi connectivity index (χ0) is 20.4. The third kappa shape index (κ3) is 4.16. The van der Waals surface area contributed by atoms with Crippen molar-refractivity contribution in [3.63, 3.8) is 0 Å². The van der Waals surface area contributed by atoms with E-state index in [1.54, 1.807) is 13.0 Å². The Morgan fingerprint density at radius 3 is 2.50 bits per heavy atom. The SMILES string of the molecule is CC(=O)Nc1cc(NC(=O)C2CC(=O)N(c3ccc(C)cc3F)C2)ccc1F. The average Bonchev–Trinajstić information content (AvgIpc) is 2.99. The molecule has 0 bridgehead atoms. The lowest BCUT2D eigenvalue weighted by Gasteiger charge is -2.18. The predicted molar refractivity (Wildman–Crippen MR) is 101 cm³/mol. The van der Waals surface area contributed by atoms with Crippen molar-refractivity contribution in [1.82, 2.24) is 0 Å². The number of nitrogens with one attached hydrogen (secondary N) is 2. The van der Waals surface area contributed by atoms with E-state index >= 15 is 0 Å². The number of halogens is 2. The summed E-state index contributed by atoms with van der Waals surface area (Å²) >= 11 is 0. The summed E-state index contributed by atoms with van der Waals surface area (Å²) < 4.78 is 27.9. The van der Waals surface area contributed by atoms with Crippen molar-refractivity contribution in [2.45, 2.75) is 20.3 Å².